The summed E-state index contributed by atoms with van der Waals surface area (Å²) in [4.78, 5) is 20.9. The predicted octanol–water partition coefficient (Wildman–Crippen LogP) is 3.66. The van der Waals surface area contributed by atoms with Crippen molar-refractivity contribution in [2.24, 2.45) is 0 Å². The van der Waals surface area contributed by atoms with Crippen molar-refractivity contribution in [3.8, 4) is 11.3 Å². The SMILES string of the molecule is Cc1ccc2cc(-c3cc(S(=O)(=O)N(C)CC(=O)N4CCOCC4c4nnc(C)o4)ccc3N3CCCC3)[nH]c2c1. The molecule has 216 valence electrons. The van der Waals surface area contributed by atoms with Crippen LogP contribution in [0.1, 0.15) is 36.2 Å². The third-order valence-electron chi connectivity index (χ3n) is 7.82. The highest BCUT2D eigenvalue weighted by molar-refractivity contribution is 7.89. The van der Waals surface area contributed by atoms with E-state index < -0.39 is 16.1 Å². The van der Waals surface area contributed by atoms with Crippen LogP contribution < -0.4 is 4.90 Å². The molecule has 4 heterocycles. The quantitative estimate of drug-likeness (QED) is 0.352. The van der Waals surface area contributed by atoms with Gasteiger partial charge < -0.3 is 23.9 Å². The molecule has 0 saturated carbocycles. The van der Waals surface area contributed by atoms with E-state index in [0.717, 1.165) is 63.6 Å². The highest BCUT2D eigenvalue weighted by Crippen LogP contribution is 2.36. The molecule has 2 fully saturated rings. The zero-order valence-corrected chi connectivity index (χ0v) is 24.3. The molecule has 1 N–H and O–H groups in total. The minimum atomic E-state index is -3.99. The second-order valence-electron chi connectivity index (χ2n) is 10.7. The predicted molar refractivity (Wildman–Crippen MR) is 154 cm³/mol. The highest BCUT2D eigenvalue weighted by atomic mass is 32.2. The normalized spacial score (nSPS) is 18.1. The number of nitrogens with one attached hydrogen (secondary N) is 1. The summed E-state index contributed by atoms with van der Waals surface area (Å²) in [6, 6.07) is 13.0. The van der Waals surface area contributed by atoms with Gasteiger partial charge in [-0.15, -0.1) is 10.2 Å². The molecule has 41 heavy (non-hydrogen) atoms. The summed E-state index contributed by atoms with van der Waals surface area (Å²) in [6.07, 6.45) is 2.20. The van der Waals surface area contributed by atoms with Crippen molar-refractivity contribution in [3.05, 3.63) is 59.8 Å². The molecule has 0 bridgehead atoms. The smallest absolute Gasteiger partial charge is 0.243 e. The maximum atomic E-state index is 13.8. The first-order valence-electron chi connectivity index (χ1n) is 13.8. The number of benzene rings is 2. The van der Waals surface area contributed by atoms with E-state index in [2.05, 4.69) is 44.3 Å². The van der Waals surface area contributed by atoms with Gasteiger partial charge in [-0.25, -0.2) is 8.42 Å². The fourth-order valence-electron chi connectivity index (χ4n) is 5.61. The van der Waals surface area contributed by atoms with Crippen molar-refractivity contribution < 1.29 is 22.4 Å². The third kappa shape index (κ3) is 5.34. The number of amides is 1. The van der Waals surface area contributed by atoms with Crippen LogP contribution in [-0.4, -0.2) is 85.2 Å². The summed E-state index contributed by atoms with van der Waals surface area (Å²) < 4.78 is 39.8. The molecule has 1 amide bonds. The maximum Gasteiger partial charge on any atom is 0.243 e. The molecule has 12 heteroatoms. The van der Waals surface area contributed by atoms with E-state index in [0.29, 0.717) is 19.0 Å². The second-order valence-corrected chi connectivity index (χ2v) is 12.8. The minimum absolute atomic E-state index is 0.131. The number of hydrogen-bond acceptors (Lipinski definition) is 8. The number of carbonyl (C=O) groups excluding carboxylic acids is 1. The number of morpholine rings is 1. The number of fused-ring (bicyclic) bond motifs is 1. The van der Waals surface area contributed by atoms with Crippen LogP contribution in [0.15, 0.2) is 51.8 Å². The lowest BCUT2D eigenvalue weighted by Gasteiger charge is -2.34. The van der Waals surface area contributed by atoms with Gasteiger partial charge in [-0.05, 0) is 55.7 Å². The Kier molecular flexibility index (Phi) is 7.30. The minimum Gasteiger partial charge on any atom is -0.423 e. The number of carbonyl (C=O) groups is 1. The molecule has 2 saturated heterocycles. The van der Waals surface area contributed by atoms with Crippen LogP contribution in [-0.2, 0) is 19.6 Å². The first-order valence-corrected chi connectivity index (χ1v) is 15.3. The van der Waals surface area contributed by atoms with Gasteiger partial charge in [0.1, 0.15) is 6.04 Å². The zero-order valence-electron chi connectivity index (χ0n) is 23.5. The molecule has 2 aliphatic heterocycles. The third-order valence-corrected chi connectivity index (χ3v) is 9.62. The second kappa shape index (κ2) is 10.9. The van der Waals surface area contributed by atoms with E-state index in [4.69, 9.17) is 9.15 Å². The molecular weight excluding hydrogens is 544 g/mol. The van der Waals surface area contributed by atoms with Crippen LogP contribution in [0, 0.1) is 13.8 Å². The first-order chi connectivity index (χ1) is 19.7. The molecule has 2 aromatic carbocycles. The van der Waals surface area contributed by atoms with Gasteiger partial charge in [-0.3, -0.25) is 4.79 Å². The molecule has 1 unspecified atom stereocenters. The van der Waals surface area contributed by atoms with Crippen LogP contribution in [0.3, 0.4) is 0 Å². The monoisotopic (exact) mass is 578 g/mol. The van der Waals surface area contributed by atoms with Crippen LogP contribution >= 0.6 is 0 Å². The Hall–Kier alpha value is -3.74. The maximum absolute atomic E-state index is 13.8. The molecule has 2 aliphatic rings. The van der Waals surface area contributed by atoms with Gasteiger partial charge in [0, 0.05) is 61.5 Å². The van der Waals surface area contributed by atoms with Gasteiger partial charge in [0.05, 0.1) is 24.7 Å². The lowest BCUT2D eigenvalue weighted by atomic mass is 10.1. The van der Waals surface area contributed by atoms with E-state index in [-0.39, 0.29) is 29.8 Å². The Bertz CT molecular complexity index is 1690. The Labute approximate surface area is 239 Å². The van der Waals surface area contributed by atoms with Gasteiger partial charge in [0.2, 0.25) is 27.7 Å². The van der Waals surface area contributed by atoms with Gasteiger partial charge in [-0.2, -0.15) is 4.31 Å². The first kappa shape index (κ1) is 27.4. The Balaban J connectivity index is 1.30. The average molecular weight is 579 g/mol. The number of anilines is 1. The molecular formula is C29H34N6O5S. The van der Waals surface area contributed by atoms with Crippen molar-refractivity contribution >= 4 is 32.5 Å². The molecule has 0 spiro atoms. The van der Waals surface area contributed by atoms with Crippen LogP contribution in [0.5, 0.6) is 0 Å². The average Bonchev–Trinajstić information content (AvgIpc) is 3.73. The van der Waals surface area contributed by atoms with Crippen molar-refractivity contribution in [2.75, 3.05) is 51.3 Å². The molecule has 0 radical (unpaired) electrons. The van der Waals surface area contributed by atoms with E-state index in [9.17, 15) is 13.2 Å². The van der Waals surface area contributed by atoms with E-state index >= 15 is 0 Å². The van der Waals surface area contributed by atoms with Crippen molar-refractivity contribution in [3.63, 3.8) is 0 Å². The van der Waals surface area contributed by atoms with E-state index in [1.54, 1.807) is 24.0 Å². The molecule has 6 rings (SSSR count). The fourth-order valence-corrected chi connectivity index (χ4v) is 6.76. The fraction of sp³-hybridized carbons (Fsp3) is 0.414. The number of aromatic amines is 1. The summed E-state index contributed by atoms with van der Waals surface area (Å²) in [5.74, 6) is 0.299. The van der Waals surface area contributed by atoms with Crippen molar-refractivity contribution in [1.82, 2.24) is 24.4 Å². The summed E-state index contributed by atoms with van der Waals surface area (Å²) >= 11 is 0. The lowest BCUT2D eigenvalue weighted by molar-refractivity contribution is -0.141. The van der Waals surface area contributed by atoms with E-state index in [1.165, 1.54) is 7.05 Å². The number of nitrogens with zero attached hydrogens (tertiary/aromatic N) is 5. The summed E-state index contributed by atoms with van der Waals surface area (Å²) in [5.41, 5.74) is 4.81. The van der Waals surface area contributed by atoms with Gasteiger partial charge in [-0.1, -0.05) is 12.1 Å². The Morgan fingerprint density at radius 2 is 1.88 bits per heavy atom. The number of likely N-dealkylation sites (N-methyl/N-ethyl adjacent to an activating group) is 1. The number of rotatable bonds is 7. The van der Waals surface area contributed by atoms with Crippen LogP contribution in [0.25, 0.3) is 22.2 Å². The van der Waals surface area contributed by atoms with Gasteiger partial charge in [0.15, 0.2) is 0 Å². The lowest BCUT2D eigenvalue weighted by Crippen LogP contribution is -2.48. The summed E-state index contributed by atoms with van der Waals surface area (Å²) in [7, 11) is -2.56. The number of hydrogen-bond donors (Lipinski definition) is 1. The number of ether oxygens (including phenoxy) is 1. The Morgan fingerprint density at radius 3 is 2.63 bits per heavy atom. The molecule has 2 aromatic heterocycles. The molecule has 11 nitrogen and oxygen atoms in total. The van der Waals surface area contributed by atoms with Crippen LogP contribution in [0.4, 0.5) is 5.69 Å². The summed E-state index contributed by atoms with van der Waals surface area (Å²) in [5, 5.41) is 8.97. The van der Waals surface area contributed by atoms with Crippen molar-refractivity contribution in [1.29, 1.82) is 0 Å². The molecule has 1 atom stereocenters. The number of aromatic nitrogens is 3. The van der Waals surface area contributed by atoms with Crippen molar-refractivity contribution in [2.45, 2.75) is 37.6 Å². The highest BCUT2D eigenvalue weighted by Gasteiger charge is 2.35. The van der Waals surface area contributed by atoms with Gasteiger partial charge >= 0.3 is 0 Å². The van der Waals surface area contributed by atoms with Gasteiger partial charge in [0.25, 0.3) is 0 Å². The Morgan fingerprint density at radius 1 is 1.07 bits per heavy atom. The molecule has 4 aromatic rings. The molecule has 0 aliphatic carbocycles. The standard InChI is InChI=1S/C29H34N6O5S/c1-19-6-7-21-15-25(30-24(21)14-19)23-16-22(8-9-26(23)34-10-4-5-11-34)41(37,38)33(3)17-28(36)35-12-13-39-18-27(35)29-32-31-20(2)40-29/h6-9,14-16,27,30H,4-5,10-13,17-18H2,1-3H3. The topological polar surface area (TPSA) is 125 Å². The largest absolute Gasteiger partial charge is 0.423 e. The van der Waals surface area contributed by atoms with E-state index in [1.807, 2.05) is 13.0 Å². The number of sulfonamides is 1. The van der Waals surface area contributed by atoms with Crippen LogP contribution in [0.2, 0.25) is 0 Å². The number of H-pyrrole nitrogens is 1. The number of aryl methyl sites for hydroxylation is 2. The zero-order chi connectivity index (χ0) is 28.7. The summed E-state index contributed by atoms with van der Waals surface area (Å²) in [6.45, 7) is 6.08.